The number of aliphatic carboxylic acids is 1. The minimum Gasteiger partial charge on any atom is -0.482 e. The first-order valence-electron chi connectivity index (χ1n) is 8.82. The molecule has 0 aliphatic carbocycles. The zero-order chi connectivity index (χ0) is 19.6. The average Bonchev–Trinajstić information content (AvgIpc) is 3.05. The molecule has 142 valence electrons. The molecule has 5 nitrogen and oxygen atoms in total. The number of ether oxygens (including phenoxy) is 2. The van der Waals surface area contributed by atoms with Crippen molar-refractivity contribution in [3.05, 3.63) is 52.1 Å². The van der Waals surface area contributed by atoms with Crippen molar-refractivity contribution in [3.8, 4) is 17.2 Å². The van der Waals surface area contributed by atoms with Crippen molar-refractivity contribution in [2.45, 2.75) is 33.1 Å². The first-order chi connectivity index (χ1) is 12.9. The van der Waals surface area contributed by atoms with Crippen LogP contribution >= 0.6 is 15.9 Å². The van der Waals surface area contributed by atoms with Gasteiger partial charge in [-0.15, -0.1) is 0 Å². The topological polar surface area (TPSA) is 71.5 Å². The molecule has 0 saturated carbocycles. The highest BCUT2D eigenvalue weighted by molar-refractivity contribution is 9.10. The van der Waals surface area contributed by atoms with Crippen LogP contribution < -0.4 is 9.47 Å². The van der Waals surface area contributed by atoms with Gasteiger partial charge in [0.15, 0.2) is 6.61 Å². The second kappa shape index (κ2) is 8.05. The molecule has 1 atom stereocenters. The van der Waals surface area contributed by atoms with Gasteiger partial charge < -0.3 is 19.6 Å². The van der Waals surface area contributed by atoms with Crippen LogP contribution in [0.3, 0.4) is 0 Å². The third kappa shape index (κ3) is 4.27. The molecule has 1 aromatic heterocycles. The third-order valence-corrected chi connectivity index (χ3v) is 5.20. The molecular formula is C21H22BrNO4. The van der Waals surface area contributed by atoms with Crippen LogP contribution in [0.2, 0.25) is 0 Å². The van der Waals surface area contributed by atoms with E-state index in [4.69, 9.17) is 14.6 Å². The van der Waals surface area contributed by atoms with Gasteiger partial charge in [-0.1, -0.05) is 13.8 Å². The van der Waals surface area contributed by atoms with Crippen LogP contribution in [-0.4, -0.2) is 22.7 Å². The largest absolute Gasteiger partial charge is 0.482 e. The number of nitrogens with one attached hydrogen (secondary N) is 1. The molecule has 3 aromatic rings. The van der Waals surface area contributed by atoms with Crippen LogP contribution in [0.4, 0.5) is 0 Å². The molecule has 0 bridgehead atoms. The fraction of sp³-hybridized carbons (Fsp3) is 0.286. The molecule has 0 spiro atoms. The first-order valence-corrected chi connectivity index (χ1v) is 9.62. The highest BCUT2D eigenvalue weighted by Gasteiger charge is 2.14. The van der Waals surface area contributed by atoms with E-state index in [-0.39, 0.29) is 6.61 Å². The summed E-state index contributed by atoms with van der Waals surface area (Å²) in [5.74, 6) is 1.36. The lowest BCUT2D eigenvalue weighted by atomic mass is 9.98. The van der Waals surface area contributed by atoms with Crippen molar-refractivity contribution in [2.24, 2.45) is 0 Å². The molecule has 27 heavy (non-hydrogen) atoms. The molecule has 0 aliphatic heterocycles. The van der Waals surface area contributed by atoms with Gasteiger partial charge in [-0.2, -0.15) is 0 Å². The van der Waals surface area contributed by atoms with Crippen molar-refractivity contribution in [3.63, 3.8) is 0 Å². The van der Waals surface area contributed by atoms with Gasteiger partial charge in [0, 0.05) is 17.1 Å². The Morgan fingerprint density at radius 2 is 2.04 bits per heavy atom. The minimum atomic E-state index is -1.01. The second-order valence-electron chi connectivity index (χ2n) is 6.60. The van der Waals surface area contributed by atoms with Gasteiger partial charge in [0.05, 0.1) is 4.47 Å². The number of fused-ring (bicyclic) bond motifs is 1. The summed E-state index contributed by atoms with van der Waals surface area (Å²) in [5.41, 5.74) is 3.22. The molecule has 0 aliphatic rings. The fourth-order valence-corrected chi connectivity index (χ4v) is 3.61. The van der Waals surface area contributed by atoms with E-state index in [2.05, 4.69) is 41.0 Å². The van der Waals surface area contributed by atoms with E-state index in [0.29, 0.717) is 21.9 Å². The summed E-state index contributed by atoms with van der Waals surface area (Å²) in [6.45, 7) is 5.91. The SMILES string of the molecule is CCC(C)c1c[nH]c2ccc(Oc3c(C)cc(OCC(=O)O)cc3Br)cc12. The van der Waals surface area contributed by atoms with Crippen molar-refractivity contribution >= 4 is 32.8 Å². The maximum atomic E-state index is 10.7. The Bertz CT molecular complexity index is 956. The number of carboxylic acid groups (broad SMARTS) is 1. The molecule has 2 N–H and O–H groups in total. The van der Waals surface area contributed by atoms with Gasteiger partial charge in [-0.25, -0.2) is 4.79 Å². The van der Waals surface area contributed by atoms with E-state index in [9.17, 15) is 4.79 Å². The normalized spacial score (nSPS) is 12.1. The maximum Gasteiger partial charge on any atom is 0.341 e. The van der Waals surface area contributed by atoms with Gasteiger partial charge in [0.2, 0.25) is 0 Å². The number of hydrogen-bond donors (Lipinski definition) is 2. The Hall–Kier alpha value is -2.47. The zero-order valence-corrected chi connectivity index (χ0v) is 17.1. The van der Waals surface area contributed by atoms with Crippen molar-refractivity contribution in [2.75, 3.05) is 6.61 Å². The standard InChI is InChI=1S/C21H22BrNO4/c1-4-12(2)17-10-23-19-6-5-14(8-16(17)19)27-21-13(3)7-15(9-18(21)22)26-11-20(24)25/h5-10,12,23H,4,11H2,1-3H3,(H,24,25). The quantitative estimate of drug-likeness (QED) is 0.480. The lowest BCUT2D eigenvalue weighted by molar-refractivity contribution is -0.139. The van der Waals surface area contributed by atoms with E-state index in [0.717, 1.165) is 28.6 Å². The molecule has 0 radical (unpaired) electrons. The number of rotatable bonds is 7. The first kappa shape index (κ1) is 19.3. The van der Waals surface area contributed by atoms with Crippen LogP contribution in [0.15, 0.2) is 41.0 Å². The summed E-state index contributed by atoms with van der Waals surface area (Å²) in [6.07, 6.45) is 3.14. The van der Waals surface area contributed by atoms with Gasteiger partial charge in [0.1, 0.15) is 17.2 Å². The van der Waals surface area contributed by atoms with Crippen LogP contribution in [0.25, 0.3) is 10.9 Å². The van der Waals surface area contributed by atoms with Crippen molar-refractivity contribution in [1.29, 1.82) is 0 Å². The Morgan fingerprint density at radius 1 is 1.26 bits per heavy atom. The minimum absolute atomic E-state index is 0.380. The lowest BCUT2D eigenvalue weighted by Gasteiger charge is -2.14. The molecule has 3 rings (SSSR count). The summed E-state index contributed by atoms with van der Waals surface area (Å²) in [6, 6.07) is 9.48. The number of carboxylic acids is 1. The number of halogens is 1. The van der Waals surface area contributed by atoms with E-state index >= 15 is 0 Å². The average molecular weight is 432 g/mol. The third-order valence-electron chi connectivity index (χ3n) is 4.61. The molecular weight excluding hydrogens is 410 g/mol. The lowest BCUT2D eigenvalue weighted by Crippen LogP contribution is -2.09. The van der Waals surface area contributed by atoms with Gasteiger partial charge in [-0.3, -0.25) is 0 Å². The monoisotopic (exact) mass is 431 g/mol. The molecule has 0 fully saturated rings. The molecule has 2 aromatic carbocycles. The summed E-state index contributed by atoms with van der Waals surface area (Å²) >= 11 is 3.50. The zero-order valence-electron chi connectivity index (χ0n) is 15.5. The van der Waals surface area contributed by atoms with E-state index in [1.165, 1.54) is 5.56 Å². The number of benzene rings is 2. The Kier molecular flexibility index (Phi) is 5.75. The van der Waals surface area contributed by atoms with Crippen molar-refractivity contribution < 1.29 is 19.4 Å². The summed E-state index contributed by atoms with van der Waals surface area (Å²) in [5, 5.41) is 9.91. The van der Waals surface area contributed by atoms with Crippen LogP contribution in [0.1, 0.15) is 37.3 Å². The Morgan fingerprint density at radius 3 is 2.70 bits per heavy atom. The Labute approximate surface area is 166 Å². The number of carbonyl (C=O) groups is 1. The number of aromatic nitrogens is 1. The summed E-state index contributed by atoms with van der Waals surface area (Å²) in [7, 11) is 0. The van der Waals surface area contributed by atoms with E-state index in [1.54, 1.807) is 12.1 Å². The smallest absolute Gasteiger partial charge is 0.341 e. The number of hydrogen-bond acceptors (Lipinski definition) is 3. The molecule has 6 heteroatoms. The maximum absolute atomic E-state index is 10.7. The molecule has 0 amide bonds. The van der Waals surface area contributed by atoms with Gasteiger partial charge in [0.25, 0.3) is 0 Å². The molecule has 0 saturated heterocycles. The fourth-order valence-electron chi connectivity index (χ4n) is 2.99. The van der Waals surface area contributed by atoms with Gasteiger partial charge >= 0.3 is 5.97 Å². The highest BCUT2D eigenvalue weighted by Crippen LogP contribution is 2.38. The summed E-state index contributed by atoms with van der Waals surface area (Å²) < 4.78 is 12.1. The predicted molar refractivity (Wildman–Crippen MR) is 109 cm³/mol. The Balaban J connectivity index is 1.89. The number of aryl methyl sites for hydroxylation is 1. The molecule has 1 heterocycles. The highest BCUT2D eigenvalue weighted by atomic mass is 79.9. The van der Waals surface area contributed by atoms with Crippen LogP contribution in [0.5, 0.6) is 17.2 Å². The van der Waals surface area contributed by atoms with E-state index < -0.39 is 5.97 Å². The number of aromatic amines is 1. The predicted octanol–water partition coefficient (Wildman–Crippen LogP) is 6.01. The summed E-state index contributed by atoms with van der Waals surface area (Å²) in [4.78, 5) is 14.0. The second-order valence-corrected chi connectivity index (χ2v) is 7.45. The van der Waals surface area contributed by atoms with Crippen LogP contribution in [-0.2, 0) is 4.79 Å². The van der Waals surface area contributed by atoms with Crippen LogP contribution in [0, 0.1) is 6.92 Å². The van der Waals surface area contributed by atoms with Gasteiger partial charge in [-0.05, 0) is 76.7 Å². The number of H-pyrrole nitrogens is 1. The molecule has 1 unspecified atom stereocenters. The van der Waals surface area contributed by atoms with Crippen molar-refractivity contribution in [1.82, 2.24) is 4.98 Å². The van der Waals surface area contributed by atoms with E-state index in [1.807, 2.05) is 25.1 Å².